The molecule has 0 saturated heterocycles. The molecule has 1 aliphatic heterocycles. The van der Waals surface area contributed by atoms with Crippen LogP contribution in [0.1, 0.15) is 93.1 Å². The topological polar surface area (TPSA) is 123 Å². The number of aliphatic hydroxyl groups is 1. The Morgan fingerprint density at radius 3 is 2.53 bits per heavy atom. The van der Waals surface area contributed by atoms with Gasteiger partial charge in [0.25, 0.3) is 5.56 Å². The molecule has 0 radical (unpaired) electrons. The van der Waals surface area contributed by atoms with Gasteiger partial charge in [0.2, 0.25) is 11.7 Å². The van der Waals surface area contributed by atoms with E-state index in [1.54, 1.807) is 6.33 Å². The van der Waals surface area contributed by atoms with E-state index in [0.717, 1.165) is 84.9 Å². The Balaban J connectivity index is 1.24. The summed E-state index contributed by atoms with van der Waals surface area (Å²) in [4.78, 5) is 31.2. The highest BCUT2D eigenvalue weighted by Crippen LogP contribution is 2.34. The molecular weight excluding hydrogens is 568 g/mol. The number of nitrogens with one attached hydrogen (secondary N) is 1. The molecule has 2 saturated carbocycles. The smallest absolute Gasteiger partial charge is 0.259 e. The second kappa shape index (κ2) is 12.7. The number of rotatable bonds is 9. The molecular formula is C35H40N6O4. The third kappa shape index (κ3) is 5.84. The monoisotopic (exact) mass is 608 g/mol. The SMILES string of the molecule is CCCc1c(Cc2ccc(-c3ccccc3)c(C3=NNC(=O)C3)c2)c(=O)n(C2CCC(O[C@@H]3CCC[C@@H]3O)CC2)c2ncnn12. The molecule has 2 aromatic heterocycles. The highest BCUT2D eigenvalue weighted by atomic mass is 16.5. The number of hydrazone groups is 1. The van der Waals surface area contributed by atoms with Crippen molar-refractivity contribution in [3.05, 3.63) is 87.6 Å². The second-order valence-electron chi connectivity index (χ2n) is 12.6. The lowest BCUT2D eigenvalue weighted by Gasteiger charge is -2.32. The fourth-order valence-corrected chi connectivity index (χ4v) is 7.36. The van der Waals surface area contributed by atoms with E-state index in [9.17, 15) is 14.7 Å². The van der Waals surface area contributed by atoms with Crippen LogP contribution >= 0.6 is 0 Å². The summed E-state index contributed by atoms with van der Waals surface area (Å²) in [6, 6.07) is 16.3. The average Bonchev–Trinajstić information content (AvgIpc) is 3.82. The molecule has 3 aliphatic rings. The molecule has 0 bridgehead atoms. The van der Waals surface area contributed by atoms with Crippen LogP contribution < -0.4 is 11.0 Å². The fourth-order valence-electron chi connectivity index (χ4n) is 7.36. The van der Waals surface area contributed by atoms with Crippen molar-refractivity contribution >= 4 is 17.4 Å². The zero-order chi connectivity index (χ0) is 30.9. The van der Waals surface area contributed by atoms with Crippen LogP contribution in [0.3, 0.4) is 0 Å². The Bertz CT molecular complexity index is 1790. The number of carbonyl (C=O) groups excluding carboxylic acids is 1. The van der Waals surface area contributed by atoms with Gasteiger partial charge >= 0.3 is 0 Å². The number of amides is 1. The van der Waals surface area contributed by atoms with Gasteiger partial charge in [0, 0.05) is 23.6 Å². The highest BCUT2D eigenvalue weighted by molar-refractivity contribution is 6.16. The van der Waals surface area contributed by atoms with Gasteiger partial charge in [-0.25, -0.2) is 9.94 Å². The molecule has 0 unspecified atom stereocenters. The molecule has 10 heteroatoms. The first-order valence-corrected chi connectivity index (χ1v) is 16.3. The van der Waals surface area contributed by atoms with Crippen molar-refractivity contribution in [3.63, 3.8) is 0 Å². The van der Waals surface area contributed by atoms with Crippen molar-refractivity contribution in [2.75, 3.05) is 0 Å². The van der Waals surface area contributed by atoms with Crippen molar-refractivity contribution in [3.8, 4) is 11.1 Å². The molecule has 2 atom stereocenters. The van der Waals surface area contributed by atoms with Crippen LogP contribution in [-0.2, 0) is 22.4 Å². The number of aliphatic hydroxyl groups excluding tert-OH is 1. The zero-order valence-electron chi connectivity index (χ0n) is 25.7. The molecule has 7 rings (SSSR count). The van der Waals surface area contributed by atoms with E-state index in [-0.39, 0.29) is 42.2 Å². The second-order valence-corrected chi connectivity index (χ2v) is 12.6. The van der Waals surface area contributed by atoms with Crippen molar-refractivity contribution in [1.29, 1.82) is 0 Å². The number of hydrogen-bond donors (Lipinski definition) is 2. The quantitative estimate of drug-likeness (QED) is 0.283. The van der Waals surface area contributed by atoms with Crippen LogP contribution in [0.2, 0.25) is 0 Å². The molecule has 0 spiro atoms. The Morgan fingerprint density at radius 1 is 1.00 bits per heavy atom. The lowest BCUT2D eigenvalue weighted by molar-refractivity contribution is -0.119. The largest absolute Gasteiger partial charge is 0.390 e. The van der Waals surface area contributed by atoms with E-state index < -0.39 is 0 Å². The van der Waals surface area contributed by atoms with Crippen molar-refractivity contribution in [1.82, 2.24) is 24.6 Å². The Morgan fingerprint density at radius 2 is 1.82 bits per heavy atom. The molecule has 3 heterocycles. The van der Waals surface area contributed by atoms with Gasteiger partial charge in [-0.1, -0.05) is 55.8 Å². The van der Waals surface area contributed by atoms with Crippen LogP contribution in [-0.4, -0.2) is 54.2 Å². The Labute approximate surface area is 262 Å². The molecule has 1 amide bonds. The molecule has 2 fully saturated rings. The van der Waals surface area contributed by atoms with Crippen molar-refractivity contribution in [2.24, 2.45) is 5.10 Å². The first-order chi connectivity index (χ1) is 22.0. The molecule has 234 valence electrons. The van der Waals surface area contributed by atoms with Gasteiger partial charge in [0.1, 0.15) is 6.33 Å². The van der Waals surface area contributed by atoms with Crippen LogP contribution in [0.15, 0.2) is 64.8 Å². The maximum Gasteiger partial charge on any atom is 0.259 e. The molecule has 10 nitrogen and oxygen atoms in total. The van der Waals surface area contributed by atoms with E-state index in [4.69, 9.17) is 4.74 Å². The van der Waals surface area contributed by atoms with Crippen molar-refractivity contribution < 1.29 is 14.6 Å². The normalized spacial score (nSPS) is 23.4. The maximum absolute atomic E-state index is 14.5. The number of aryl methyl sites for hydroxylation is 1. The summed E-state index contributed by atoms with van der Waals surface area (Å²) in [7, 11) is 0. The maximum atomic E-state index is 14.5. The van der Waals surface area contributed by atoms with Gasteiger partial charge in [0.15, 0.2) is 0 Å². The summed E-state index contributed by atoms with van der Waals surface area (Å²) in [5, 5.41) is 19.2. The summed E-state index contributed by atoms with van der Waals surface area (Å²) in [5.41, 5.74) is 8.79. The summed E-state index contributed by atoms with van der Waals surface area (Å²) >= 11 is 0. The lowest BCUT2D eigenvalue weighted by Crippen LogP contribution is -2.36. The van der Waals surface area contributed by atoms with E-state index in [1.165, 1.54) is 0 Å². The number of fused-ring (bicyclic) bond motifs is 1. The highest BCUT2D eigenvalue weighted by Gasteiger charge is 2.33. The fraction of sp³-hybridized carbons (Fsp3) is 0.457. The van der Waals surface area contributed by atoms with E-state index in [0.29, 0.717) is 24.3 Å². The Hall–Kier alpha value is -4.15. The van der Waals surface area contributed by atoms with Crippen LogP contribution in [0, 0.1) is 0 Å². The van der Waals surface area contributed by atoms with Gasteiger partial charge in [-0.3, -0.25) is 14.2 Å². The number of hydrogen-bond acceptors (Lipinski definition) is 7. The average molecular weight is 609 g/mol. The zero-order valence-corrected chi connectivity index (χ0v) is 25.7. The van der Waals surface area contributed by atoms with E-state index in [2.05, 4.69) is 57.9 Å². The summed E-state index contributed by atoms with van der Waals surface area (Å²) in [6.07, 6.45) is 9.44. The van der Waals surface area contributed by atoms with Crippen LogP contribution in [0.5, 0.6) is 0 Å². The number of aromatic nitrogens is 4. The third-order valence-corrected chi connectivity index (χ3v) is 9.61. The summed E-state index contributed by atoms with van der Waals surface area (Å²) in [5.74, 6) is 0.464. The summed E-state index contributed by atoms with van der Waals surface area (Å²) < 4.78 is 10.0. The van der Waals surface area contributed by atoms with Crippen LogP contribution in [0.25, 0.3) is 16.9 Å². The summed E-state index contributed by atoms with van der Waals surface area (Å²) in [6.45, 7) is 2.11. The van der Waals surface area contributed by atoms with Gasteiger partial charge in [-0.05, 0) is 74.1 Å². The third-order valence-electron chi connectivity index (χ3n) is 9.61. The number of benzene rings is 2. The van der Waals surface area contributed by atoms with Gasteiger partial charge in [-0.15, -0.1) is 0 Å². The van der Waals surface area contributed by atoms with E-state index >= 15 is 0 Å². The van der Waals surface area contributed by atoms with Gasteiger partial charge in [0.05, 0.1) is 36.1 Å². The molecule has 4 aromatic rings. The first-order valence-electron chi connectivity index (χ1n) is 16.3. The number of nitrogens with zero attached hydrogens (tertiary/aromatic N) is 5. The minimum atomic E-state index is -0.366. The molecule has 2 aliphatic carbocycles. The molecule has 2 N–H and O–H groups in total. The van der Waals surface area contributed by atoms with Gasteiger partial charge in [-0.2, -0.15) is 15.2 Å². The van der Waals surface area contributed by atoms with Crippen LogP contribution in [0.4, 0.5) is 0 Å². The van der Waals surface area contributed by atoms with Crippen molar-refractivity contribution in [2.45, 2.75) is 102 Å². The van der Waals surface area contributed by atoms with Gasteiger partial charge < -0.3 is 9.84 Å². The Kier molecular flexibility index (Phi) is 8.33. The minimum Gasteiger partial charge on any atom is -0.390 e. The first kappa shape index (κ1) is 29.6. The number of ether oxygens (including phenoxy) is 1. The lowest BCUT2D eigenvalue weighted by atomic mass is 9.91. The predicted octanol–water partition coefficient (Wildman–Crippen LogP) is 4.74. The van der Waals surface area contributed by atoms with E-state index in [1.807, 2.05) is 27.3 Å². The minimum absolute atomic E-state index is 0.00655. The molecule has 45 heavy (non-hydrogen) atoms. The molecule has 2 aromatic carbocycles. The predicted molar refractivity (Wildman–Crippen MR) is 171 cm³/mol. The number of carbonyl (C=O) groups is 1. The standard InChI is InChI=1S/C35H40N6O4/c1-2-7-30-28(19-22-12-17-26(23-8-4-3-5-9-23)27(18-22)29-20-33(43)39-38-29)34(44)40(35-36-21-37-41(30)35)24-13-15-25(16-14-24)45-32-11-6-10-31(32)42/h3-5,8-9,12,17-18,21,24-25,31-32,42H,2,6-7,10-11,13-16,19-20H2,1H3,(H,39,43)/t24?,25?,31-,32+/m0/s1.